The Balaban J connectivity index is 2.01. The van der Waals surface area contributed by atoms with Gasteiger partial charge in [-0.3, -0.25) is 4.72 Å². The van der Waals surface area contributed by atoms with Crippen LogP contribution in [0, 0.1) is 0 Å². The first-order chi connectivity index (χ1) is 12.0. The Bertz CT molecular complexity index is 1010. The first-order valence-electron chi connectivity index (χ1n) is 7.25. The minimum absolute atomic E-state index is 0.0460. The van der Waals surface area contributed by atoms with E-state index in [0.717, 1.165) is 0 Å². The molecular weight excluding hydrogens is 346 g/mol. The number of rotatable bonds is 6. The summed E-state index contributed by atoms with van der Waals surface area (Å²) < 4.78 is 43.5. The lowest BCUT2D eigenvalue weighted by atomic mass is 10.2. The zero-order chi connectivity index (χ0) is 18.0. The number of hydrogen-bond acceptors (Lipinski definition) is 6. The molecule has 0 aliphatic rings. The van der Waals surface area contributed by atoms with Gasteiger partial charge < -0.3 is 19.2 Å². The van der Waals surface area contributed by atoms with E-state index in [9.17, 15) is 8.42 Å². The molecule has 132 valence electrons. The van der Waals surface area contributed by atoms with E-state index >= 15 is 0 Å². The van der Waals surface area contributed by atoms with Crippen LogP contribution in [-0.2, 0) is 10.0 Å². The molecule has 25 heavy (non-hydrogen) atoms. The van der Waals surface area contributed by atoms with Gasteiger partial charge in [-0.1, -0.05) is 0 Å². The maximum Gasteiger partial charge on any atom is 0.262 e. The van der Waals surface area contributed by atoms with Gasteiger partial charge in [-0.2, -0.15) is 0 Å². The molecule has 8 nitrogen and oxygen atoms in total. The van der Waals surface area contributed by atoms with Gasteiger partial charge in [0.05, 0.1) is 38.2 Å². The Labute approximate surface area is 144 Å². The molecule has 3 rings (SSSR count). The standard InChI is InChI=1S/C16H17N3O5S/c1-22-12-6-4-10(8-14(12)24-3)25(20,21)19-11-5-7-13(23-2)16-15(11)17-9-18-16/h4-9,19H,1-3H3,(H,17,18). The summed E-state index contributed by atoms with van der Waals surface area (Å²) in [5.41, 5.74) is 1.41. The first-order valence-corrected chi connectivity index (χ1v) is 8.73. The smallest absolute Gasteiger partial charge is 0.262 e. The highest BCUT2D eigenvalue weighted by molar-refractivity contribution is 7.92. The molecule has 0 aliphatic heterocycles. The van der Waals surface area contributed by atoms with Crippen molar-refractivity contribution in [1.82, 2.24) is 9.97 Å². The largest absolute Gasteiger partial charge is 0.494 e. The summed E-state index contributed by atoms with van der Waals surface area (Å²) in [4.78, 5) is 7.14. The van der Waals surface area contributed by atoms with E-state index in [2.05, 4.69) is 14.7 Å². The lowest BCUT2D eigenvalue weighted by Gasteiger charge is -2.12. The molecule has 1 aromatic heterocycles. The van der Waals surface area contributed by atoms with Crippen LogP contribution >= 0.6 is 0 Å². The fraction of sp³-hybridized carbons (Fsp3) is 0.188. The van der Waals surface area contributed by atoms with Gasteiger partial charge in [0.15, 0.2) is 11.5 Å². The number of aromatic nitrogens is 2. The van der Waals surface area contributed by atoms with Crippen molar-refractivity contribution in [2.75, 3.05) is 26.1 Å². The fourth-order valence-electron chi connectivity index (χ4n) is 2.45. The highest BCUT2D eigenvalue weighted by Crippen LogP contribution is 2.32. The van der Waals surface area contributed by atoms with Crippen LogP contribution in [0.15, 0.2) is 41.6 Å². The fourth-order valence-corrected chi connectivity index (χ4v) is 3.53. The molecule has 2 N–H and O–H groups in total. The van der Waals surface area contributed by atoms with Crippen molar-refractivity contribution >= 4 is 26.7 Å². The van der Waals surface area contributed by atoms with E-state index in [4.69, 9.17) is 14.2 Å². The first kappa shape index (κ1) is 16.9. The minimum atomic E-state index is -3.84. The van der Waals surface area contributed by atoms with Crippen molar-refractivity contribution < 1.29 is 22.6 Å². The molecule has 0 spiro atoms. The number of fused-ring (bicyclic) bond motifs is 1. The molecule has 0 unspecified atom stereocenters. The van der Waals surface area contributed by atoms with Crippen molar-refractivity contribution in [1.29, 1.82) is 0 Å². The number of hydrogen-bond donors (Lipinski definition) is 2. The van der Waals surface area contributed by atoms with Crippen LogP contribution in [-0.4, -0.2) is 39.7 Å². The highest BCUT2D eigenvalue weighted by atomic mass is 32.2. The Morgan fingerprint density at radius 2 is 1.64 bits per heavy atom. The number of methoxy groups -OCH3 is 3. The Hall–Kier alpha value is -2.94. The monoisotopic (exact) mass is 363 g/mol. The summed E-state index contributed by atoms with van der Waals surface area (Å²) in [7, 11) is 0.616. The van der Waals surface area contributed by atoms with E-state index in [1.54, 1.807) is 12.1 Å². The minimum Gasteiger partial charge on any atom is -0.494 e. The summed E-state index contributed by atoms with van der Waals surface area (Å²) in [6, 6.07) is 7.63. The molecule has 0 fully saturated rings. The molecule has 9 heteroatoms. The molecule has 3 aromatic rings. The van der Waals surface area contributed by atoms with E-state index < -0.39 is 10.0 Å². The molecule has 2 aromatic carbocycles. The Morgan fingerprint density at radius 1 is 0.960 bits per heavy atom. The summed E-state index contributed by atoms with van der Waals surface area (Å²) in [6.45, 7) is 0. The van der Waals surface area contributed by atoms with Crippen molar-refractivity contribution in [3.05, 3.63) is 36.7 Å². The van der Waals surface area contributed by atoms with Gasteiger partial charge >= 0.3 is 0 Å². The van der Waals surface area contributed by atoms with Crippen LogP contribution in [0.3, 0.4) is 0 Å². The molecular formula is C16H17N3O5S. The number of sulfonamides is 1. The van der Waals surface area contributed by atoms with Crippen LogP contribution < -0.4 is 18.9 Å². The van der Waals surface area contributed by atoms with Crippen molar-refractivity contribution in [2.24, 2.45) is 0 Å². The lowest BCUT2D eigenvalue weighted by Crippen LogP contribution is -2.13. The SMILES string of the molecule is COc1ccc(S(=O)(=O)Nc2ccc(OC)c3[nH]cnc23)cc1OC. The quantitative estimate of drug-likeness (QED) is 0.697. The number of aromatic amines is 1. The number of nitrogens with zero attached hydrogens (tertiary/aromatic N) is 1. The van der Waals surface area contributed by atoms with Crippen molar-refractivity contribution in [2.45, 2.75) is 4.90 Å². The van der Waals surface area contributed by atoms with E-state index in [0.29, 0.717) is 34.0 Å². The molecule has 0 bridgehead atoms. The van der Waals surface area contributed by atoms with Gasteiger partial charge in [0.2, 0.25) is 0 Å². The van der Waals surface area contributed by atoms with Gasteiger partial charge in [0.25, 0.3) is 10.0 Å². The van der Waals surface area contributed by atoms with Gasteiger partial charge in [0.1, 0.15) is 16.8 Å². The normalized spacial score (nSPS) is 11.3. The molecule has 1 heterocycles. The van der Waals surface area contributed by atoms with E-state index in [1.165, 1.54) is 45.9 Å². The summed E-state index contributed by atoms with van der Waals surface area (Å²) >= 11 is 0. The third-order valence-electron chi connectivity index (χ3n) is 3.67. The zero-order valence-electron chi connectivity index (χ0n) is 13.9. The molecule has 0 amide bonds. The molecule has 0 atom stereocenters. The number of anilines is 1. The van der Waals surface area contributed by atoms with Crippen LogP contribution in [0.1, 0.15) is 0 Å². The summed E-state index contributed by atoms with van der Waals surface area (Å²) in [5.74, 6) is 1.34. The third kappa shape index (κ3) is 3.05. The Kier molecular flexibility index (Phi) is 4.41. The number of benzene rings is 2. The summed E-state index contributed by atoms with van der Waals surface area (Å²) in [5, 5.41) is 0. The molecule has 0 saturated carbocycles. The lowest BCUT2D eigenvalue weighted by molar-refractivity contribution is 0.354. The number of nitrogens with one attached hydrogen (secondary N) is 2. The van der Waals surface area contributed by atoms with Gasteiger partial charge in [-0.05, 0) is 24.3 Å². The van der Waals surface area contributed by atoms with Crippen molar-refractivity contribution in [3.8, 4) is 17.2 Å². The predicted molar refractivity (Wildman–Crippen MR) is 93.0 cm³/mol. The van der Waals surface area contributed by atoms with Crippen LogP contribution in [0.5, 0.6) is 17.2 Å². The van der Waals surface area contributed by atoms with Crippen LogP contribution in [0.4, 0.5) is 5.69 Å². The van der Waals surface area contributed by atoms with Crippen LogP contribution in [0.25, 0.3) is 11.0 Å². The third-order valence-corrected chi connectivity index (χ3v) is 5.03. The molecule has 0 saturated heterocycles. The second-order valence-electron chi connectivity index (χ2n) is 5.06. The highest BCUT2D eigenvalue weighted by Gasteiger charge is 2.19. The molecule has 0 radical (unpaired) electrons. The number of H-pyrrole nitrogens is 1. The van der Waals surface area contributed by atoms with Gasteiger partial charge in [-0.25, -0.2) is 13.4 Å². The number of imidazole rings is 1. The maximum atomic E-state index is 12.7. The van der Waals surface area contributed by atoms with Crippen LogP contribution in [0.2, 0.25) is 0 Å². The predicted octanol–water partition coefficient (Wildman–Crippen LogP) is 2.39. The average Bonchev–Trinajstić information content (AvgIpc) is 3.11. The second-order valence-corrected chi connectivity index (χ2v) is 6.75. The number of ether oxygens (including phenoxy) is 3. The second kappa shape index (κ2) is 6.52. The molecule has 0 aliphatic carbocycles. The van der Waals surface area contributed by atoms with E-state index in [1.807, 2.05) is 0 Å². The topological polar surface area (TPSA) is 103 Å². The van der Waals surface area contributed by atoms with Crippen molar-refractivity contribution in [3.63, 3.8) is 0 Å². The van der Waals surface area contributed by atoms with Gasteiger partial charge in [-0.15, -0.1) is 0 Å². The summed E-state index contributed by atoms with van der Waals surface area (Å²) in [6.07, 6.45) is 1.47. The maximum absolute atomic E-state index is 12.7. The zero-order valence-corrected chi connectivity index (χ0v) is 14.7. The van der Waals surface area contributed by atoms with Gasteiger partial charge in [0, 0.05) is 6.07 Å². The average molecular weight is 363 g/mol. The Morgan fingerprint density at radius 3 is 2.32 bits per heavy atom. The van der Waals surface area contributed by atoms with E-state index in [-0.39, 0.29) is 4.90 Å².